The molecule has 0 aliphatic heterocycles. The maximum atomic E-state index is 13.5. The summed E-state index contributed by atoms with van der Waals surface area (Å²) in [6.07, 6.45) is 2.75. The van der Waals surface area contributed by atoms with Crippen molar-refractivity contribution < 1.29 is 23.0 Å². The third-order valence-electron chi connectivity index (χ3n) is 6.32. The number of hydrogen-bond donors (Lipinski definition) is 2. The van der Waals surface area contributed by atoms with E-state index in [2.05, 4.69) is 34.9 Å². The lowest BCUT2D eigenvalue weighted by atomic mass is 9.83. The molecule has 0 saturated heterocycles. The highest BCUT2D eigenvalue weighted by Crippen LogP contribution is 2.38. The van der Waals surface area contributed by atoms with Gasteiger partial charge < -0.3 is 14.6 Å². The molecule has 2 atom stereocenters. The van der Waals surface area contributed by atoms with Gasteiger partial charge in [-0.15, -0.1) is 10.2 Å². The number of methoxy groups -OCH3 is 2. The van der Waals surface area contributed by atoms with Gasteiger partial charge in [-0.2, -0.15) is 9.97 Å². The van der Waals surface area contributed by atoms with E-state index >= 15 is 0 Å². The summed E-state index contributed by atoms with van der Waals surface area (Å²) in [5.74, 6) is 0.365. The Morgan fingerprint density at radius 3 is 2.13 bits per heavy atom. The first-order valence-electron chi connectivity index (χ1n) is 11.9. The Hall–Kier alpha value is -4.17. The van der Waals surface area contributed by atoms with Crippen LogP contribution >= 0.6 is 0 Å². The van der Waals surface area contributed by atoms with Crippen molar-refractivity contribution in [1.82, 2.24) is 34.7 Å². The molecule has 0 radical (unpaired) electrons. The first-order valence-corrected chi connectivity index (χ1v) is 13.5. The average Bonchev–Trinajstić information content (AvgIpc) is 3.35. The first kappa shape index (κ1) is 27.9. The van der Waals surface area contributed by atoms with E-state index in [4.69, 9.17) is 9.47 Å². The topological polar surface area (TPSA) is 167 Å². The van der Waals surface area contributed by atoms with Crippen LogP contribution in [0.15, 0.2) is 49.1 Å². The van der Waals surface area contributed by atoms with Gasteiger partial charge in [0.05, 0.1) is 19.6 Å². The second-order valence-electron chi connectivity index (χ2n) is 9.33. The van der Waals surface area contributed by atoms with E-state index in [1.807, 2.05) is 44.2 Å². The molecular formula is C25H30N8O5S. The van der Waals surface area contributed by atoms with Crippen molar-refractivity contribution in [1.29, 1.82) is 0 Å². The third-order valence-corrected chi connectivity index (χ3v) is 8.02. The number of aliphatic hydroxyl groups excluding tert-OH is 1. The number of aryl methyl sites for hydroxylation is 1. The zero-order valence-electron chi connectivity index (χ0n) is 22.4. The fourth-order valence-corrected chi connectivity index (χ4v) is 4.98. The maximum absolute atomic E-state index is 13.5. The van der Waals surface area contributed by atoms with Crippen LogP contribution in [0.2, 0.25) is 0 Å². The van der Waals surface area contributed by atoms with E-state index in [0.29, 0.717) is 5.82 Å². The van der Waals surface area contributed by atoms with Crippen LogP contribution in [0.3, 0.4) is 0 Å². The minimum Gasteiger partial charge on any atom is -0.479 e. The molecule has 13 nitrogen and oxygen atoms in total. The summed E-state index contributed by atoms with van der Waals surface area (Å²) in [6, 6.07) is 9.54. The highest BCUT2D eigenvalue weighted by molar-refractivity contribution is 7.93. The summed E-state index contributed by atoms with van der Waals surface area (Å²) in [7, 11) is -1.43. The Morgan fingerprint density at radius 2 is 1.56 bits per heavy atom. The van der Waals surface area contributed by atoms with Crippen molar-refractivity contribution in [3.8, 4) is 17.4 Å². The second kappa shape index (κ2) is 10.9. The molecule has 0 amide bonds. The molecule has 0 fully saturated rings. The van der Waals surface area contributed by atoms with Crippen molar-refractivity contribution in [2.75, 3.05) is 18.9 Å². The van der Waals surface area contributed by atoms with Gasteiger partial charge in [0.2, 0.25) is 27.7 Å². The number of rotatable bonds is 10. The van der Waals surface area contributed by atoms with Crippen LogP contribution in [-0.4, -0.2) is 67.7 Å². The third kappa shape index (κ3) is 5.38. The Labute approximate surface area is 226 Å². The molecule has 0 saturated carbocycles. The normalized spacial score (nSPS) is 13.5. The van der Waals surface area contributed by atoms with E-state index < -0.39 is 26.8 Å². The van der Waals surface area contributed by atoms with Gasteiger partial charge >= 0.3 is 0 Å². The van der Waals surface area contributed by atoms with Crippen LogP contribution in [0, 0.1) is 6.92 Å². The molecule has 0 aliphatic rings. The maximum Gasteiger partial charge on any atom is 0.245 e. The smallest absolute Gasteiger partial charge is 0.245 e. The molecule has 3 heterocycles. The van der Waals surface area contributed by atoms with Gasteiger partial charge in [0.1, 0.15) is 23.5 Å². The van der Waals surface area contributed by atoms with Crippen molar-refractivity contribution >= 4 is 16.0 Å². The van der Waals surface area contributed by atoms with Gasteiger partial charge in [-0.3, -0.25) is 9.29 Å². The molecular weight excluding hydrogens is 524 g/mol. The van der Waals surface area contributed by atoms with Crippen molar-refractivity contribution in [3.05, 3.63) is 71.8 Å². The molecule has 3 aromatic heterocycles. The van der Waals surface area contributed by atoms with Crippen LogP contribution < -0.4 is 14.2 Å². The Bertz CT molecular complexity index is 1520. The number of anilines is 1. The number of hydrogen-bond acceptors (Lipinski definition) is 11. The van der Waals surface area contributed by atoms with Crippen LogP contribution in [0.25, 0.3) is 5.69 Å². The molecule has 39 heavy (non-hydrogen) atoms. The summed E-state index contributed by atoms with van der Waals surface area (Å²) in [6.45, 7) is 6.98. The molecule has 0 aliphatic carbocycles. The predicted molar refractivity (Wildman–Crippen MR) is 142 cm³/mol. The van der Waals surface area contributed by atoms with Gasteiger partial charge in [0, 0.05) is 12.4 Å². The Morgan fingerprint density at radius 1 is 0.974 bits per heavy atom. The van der Waals surface area contributed by atoms with Gasteiger partial charge in [-0.05, 0) is 38.8 Å². The fourth-order valence-electron chi connectivity index (χ4n) is 3.94. The molecule has 2 N–H and O–H groups in total. The number of nitrogens with one attached hydrogen (secondary N) is 1. The van der Waals surface area contributed by atoms with Crippen LogP contribution in [-0.2, 0) is 15.4 Å². The highest BCUT2D eigenvalue weighted by atomic mass is 32.2. The molecule has 206 valence electrons. The van der Waals surface area contributed by atoms with Gasteiger partial charge in [0.25, 0.3) is 0 Å². The number of aromatic nitrogens is 7. The average molecular weight is 555 g/mol. The van der Waals surface area contributed by atoms with Crippen molar-refractivity contribution in [2.45, 2.75) is 44.5 Å². The van der Waals surface area contributed by atoms with Crippen LogP contribution in [0.1, 0.15) is 49.7 Å². The minimum atomic E-state index is -4.26. The lowest BCUT2D eigenvalue weighted by molar-refractivity contribution is 0.166. The number of benzene rings is 1. The predicted octanol–water partition coefficient (Wildman–Crippen LogP) is 2.36. The summed E-state index contributed by atoms with van der Waals surface area (Å²) in [4.78, 5) is 16.5. The zero-order valence-corrected chi connectivity index (χ0v) is 23.2. The van der Waals surface area contributed by atoms with E-state index in [0.717, 1.165) is 11.1 Å². The fraction of sp³-hybridized carbons (Fsp3) is 0.360. The monoisotopic (exact) mass is 554 g/mol. The summed E-state index contributed by atoms with van der Waals surface area (Å²) < 4.78 is 41.9. The van der Waals surface area contributed by atoms with E-state index in [9.17, 15) is 13.5 Å². The standard InChI is InChI=1S/C25H30N8O5S/c1-15-12-26-20(27-13-15)19(34)16(2)39(35,36)32-24-31-30-23(25(3,4)17-10-8-7-9-11-17)33(24)18-21(37-5)28-14-29-22(18)38-6/h7-14,16,19,34H,1-6H3,(H,31,32)/t16-,19-/m0/s1. The molecule has 1 aromatic carbocycles. The summed E-state index contributed by atoms with van der Waals surface area (Å²) in [5, 5.41) is 18.0. The molecule has 0 spiro atoms. The molecule has 0 unspecified atom stereocenters. The Kier molecular flexibility index (Phi) is 7.79. The van der Waals surface area contributed by atoms with E-state index in [-0.39, 0.29) is 29.2 Å². The molecule has 4 rings (SSSR count). The van der Waals surface area contributed by atoms with E-state index in [1.54, 1.807) is 6.92 Å². The zero-order chi connectivity index (χ0) is 28.4. The number of sulfonamides is 1. The lowest BCUT2D eigenvalue weighted by Crippen LogP contribution is -2.33. The Balaban J connectivity index is 1.86. The number of aliphatic hydroxyl groups is 1. The number of nitrogens with zero attached hydrogens (tertiary/aromatic N) is 7. The highest BCUT2D eigenvalue weighted by Gasteiger charge is 2.37. The van der Waals surface area contributed by atoms with Crippen LogP contribution in [0.5, 0.6) is 11.8 Å². The van der Waals surface area contributed by atoms with E-state index in [1.165, 1.54) is 44.4 Å². The van der Waals surface area contributed by atoms with Crippen molar-refractivity contribution in [3.63, 3.8) is 0 Å². The molecule has 0 bridgehead atoms. The van der Waals surface area contributed by atoms with Gasteiger partial charge in [0.15, 0.2) is 11.5 Å². The quantitative estimate of drug-likeness (QED) is 0.295. The molecule has 14 heteroatoms. The SMILES string of the molecule is COc1ncnc(OC)c1-n1c(NS(=O)(=O)[C@@H](C)[C@H](O)c2ncc(C)cn2)nnc1C(C)(C)c1ccccc1. The number of ether oxygens (including phenoxy) is 2. The van der Waals surface area contributed by atoms with Gasteiger partial charge in [-0.25, -0.2) is 18.4 Å². The largest absolute Gasteiger partial charge is 0.479 e. The first-order chi connectivity index (χ1) is 18.5. The summed E-state index contributed by atoms with van der Waals surface area (Å²) >= 11 is 0. The second-order valence-corrected chi connectivity index (χ2v) is 11.4. The van der Waals surface area contributed by atoms with Gasteiger partial charge in [-0.1, -0.05) is 30.3 Å². The minimum absolute atomic E-state index is 0.0226. The lowest BCUT2D eigenvalue weighted by Gasteiger charge is -2.26. The molecule has 4 aromatic rings. The van der Waals surface area contributed by atoms with Crippen molar-refractivity contribution in [2.24, 2.45) is 0 Å². The summed E-state index contributed by atoms with van der Waals surface area (Å²) in [5.41, 5.74) is 1.08. The van der Waals surface area contributed by atoms with Crippen LogP contribution in [0.4, 0.5) is 5.95 Å².